The van der Waals surface area contributed by atoms with Gasteiger partial charge in [-0.3, -0.25) is 9.59 Å². The SMILES string of the molecule is Cc1oc(-c2ccc(F)cc2)nc1CC(=O)NCCNC(=O)c1ccccc1. The Bertz CT molecular complexity index is 953. The molecule has 0 aliphatic heterocycles. The number of oxazole rings is 1. The Kier molecular flexibility index (Phi) is 6.16. The van der Waals surface area contributed by atoms with E-state index in [1.807, 2.05) is 6.07 Å². The lowest BCUT2D eigenvalue weighted by molar-refractivity contribution is -0.120. The minimum atomic E-state index is -0.342. The van der Waals surface area contributed by atoms with Crippen LogP contribution < -0.4 is 10.6 Å². The molecule has 0 atom stereocenters. The highest BCUT2D eigenvalue weighted by molar-refractivity contribution is 5.94. The minimum absolute atomic E-state index is 0.0587. The molecule has 6 nitrogen and oxygen atoms in total. The molecule has 144 valence electrons. The van der Waals surface area contributed by atoms with Gasteiger partial charge in [0.1, 0.15) is 11.6 Å². The number of carbonyl (C=O) groups excluding carboxylic acids is 2. The molecule has 0 fully saturated rings. The van der Waals surface area contributed by atoms with E-state index in [2.05, 4.69) is 15.6 Å². The minimum Gasteiger partial charge on any atom is -0.441 e. The number of hydrogen-bond acceptors (Lipinski definition) is 4. The third-order valence-electron chi connectivity index (χ3n) is 4.08. The summed E-state index contributed by atoms with van der Waals surface area (Å²) in [6.07, 6.45) is 0.0587. The molecular weight excluding hydrogens is 361 g/mol. The van der Waals surface area contributed by atoms with Crippen LogP contribution in [0.5, 0.6) is 0 Å². The van der Waals surface area contributed by atoms with Crippen LogP contribution in [0.1, 0.15) is 21.8 Å². The zero-order chi connectivity index (χ0) is 19.9. The predicted molar refractivity (Wildman–Crippen MR) is 102 cm³/mol. The van der Waals surface area contributed by atoms with Crippen LogP contribution in [-0.2, 0) is 11.2 Å². The molecule has 2 aromatic carbocycles. The van der Waals surface area contributed by atoms with Gasteiger partial charge in [0.2, 0.25) is 11.8 Å². The van der Waals surface area contributed by atoms with Crippen LogP contribution in [0.25, 0.3) is 11.5 Å². The van der Waals surface area contributed by atoms with Gasteiger partial charge in [-0.05, 0) is 43.3 Å². The van der Waals surface area contributed by atoms with Gasteiger partial charge in [0.05, 0.1) is 12.1 Å². The quantitative estimate of drug-likeness (QED) is 0.617. The zero-order valence-electron chi connectivity index (χ0n) is 15.4. The second-order valence-corrected chi connectivity index (χ2v) is 6.18. The van der Waals surface area contributed by atoms with E-state index in [1.165, 1.54) is 12.1 Å². The molecular formula is C21H20FN3O3. The van der Waals surface area contributed by atoms with Crippen molar-refractivity contribution in [3.63, 3.8) is 0 Å². The van der Waals surface area contributed by atoms with Crippen LogP contribution in [0.3, 0.4) is 0 Å². The summed E-state index contributed by atoms with van der Waals surface area (Å²) in [6, 6.07) is 14.6. The molecule has 2 amide bonds. The largest absolute Gasteiger partial charge is 0.441 e. The van der Waals surface area contributed by atoms with Crippen LogP contribution in [0.15, 0.2) is 59.0 Å². The van der Waals surface area contributed by atoms with E-state index in [0.29, 0.717) is 41.6 Å². The van der Waals surface area contributed by atoms with Crippen LogP contribution in [0.4, 0.5) is 4.39 Å². The number of nitrogens with one attached hydrogen (secondary N) is 2. The fraction of sp³-hybridized carbons (Fsp3) is 0.190. The van der Waals surface area contributed by atoms with Crippen LogP contribution >= 0.6 is 0 Å². The van der Waals surface area contributed by atoms with Crippen molar-refractivity contribution in [3.05, 3.63) is 77.4 Å². The Labute approximate surface area is 161 Å². The van der Waals surface area contributed by atoms with Gasteiger partial charge in [0, 0.05) is 24.2 Å². The van der Waals surface area contributed by atoms with Gasteiger partial charge in [-0.25, -0.2) is 9.37 Å². The van der Waals surface area contributed by atoms with Gasteiger partial charge < -0.3 is 15.1 Å². The third-order valence-corrected chi connectivity index (χ3v) is 4.08. The smallest absolute Gasteiger partial charge is 0.251 e. The molecule has 0 aliphatic rings. The van der Waals surface area contributed by atoms with E-state index >= 15 is 0 Å². The number of carbonyl (C=O) groups is 2. The van der Waals surface area contributed by atoms with Crippen molar-refractivity contribution >= 4 is 11.8 Å². The summed E-state index contributed by atoms with van der Waals surface area (Å²) in [7, 11) is 0. The molecule has 1 aromatic heterocycles. The maximum atomic E-state index is 13.0. The number of aryl methyl sites for hydroxylation is 1. The van der Waals surface area contributed by atoms with E-state index in [9.17, 15) is 14.0 Å². The maximum absolute atomic E-state index is 13.0. The number of aromatic nitrogens is 1. The number of hydrogen-bond donors (Lipinski definition) is 2. The topological polar surface area (TPSA) is 84.2 Å². The molecule has 0 aliphatic carbocycles. The summed E-state index contributed by atoms with van der Waals surface area (Å²) in [5, 5.41) is 5.48. The first kappa shape index (κ1) is 19.3. The lowest BCUT2D eigenvalue weighted by Crippen LogP contribution is -2.35. The summed E-state index contributed by atoms with van der Waals surface area (Å²) in [5.41, 5.74) is 1.73. The van der Waals surface area contributed by atoms with Crippen molar-refractivity contribution in [2.45, 2.75) is 13.3 Å². The molecule has 0 saturated carbocycles. The van der Waals surface area contributed by atoms with Gasteiger partial charge in [-0.1, -0.05) is 18.2 Å². The lowest BCUT2D eigenvalue weighted by Gasteiger charge is -2.06. The molecule has 0 bridgehead atoms. The average Bonchev–Trinajstić information content (AvgIpc) is 3.06. The first-order chi connectivity index (χ1) is 13.5. The van der Waals surface area contributed by atoms with Crippen molar-refractivity contribution in [1.82, 2.24) is 15.6 Å². The van der Waals surface area contributed by atoms with E-state index in [-0.39, 0.29) is 24.1 Å². The van der Waals surface area contributed by atoms with E-state index < -0.39 is 0 Å². The highest BCUT2D eigenvalue weighted by Gasteiger charge is 2.14. The molecule has 0 unspecified atom stereocenters. The fourth-order valence-corrected chi connectivity index (χ4v) is 2.59. The molecule has 1 heterocycles. The maximum Gasteiger partial charge on any atom is 0.251 e. The number of amides is 2. The van der Waals surface area contributed by atoms with Crippen molar-refractivity contribution in [3.8, 4) is 11.5 Å². The Hall–Kier alpha value is -3.48. The van der Waals surface area contributed by atoms with Crippen LogP contribution in [0.2, 0.25) is 0 Å². The van der Waals surface area contributed by atoms with Crippen molar-refractivity contribution in [1.29, 1.82) is 0 Å². The predicted octanol–water partition coefficient (Wildman–Crippen LogP) is 2.88. The molecule has 0 spiro atoms. The van der Waals surface area contributed by atoms with Gasteiger partial charge >= 0.3 is 0 Å². The summed E-state index contributed by atoms with van der Waals surface area (Å²) >= 11 is 0. The third kappa shape index (κ3) is 5.03. The molecule has 2 N–H and O–H groups in total. The standard InChI is InChI=1S/C21H20FN3O3/c1-14-18(25-21(28-14)16-7-9-17(22)10-8-16)13-19(26)23-11-12-24-20(27)15-5-3-2-4-6-15/h2-10H,11-13H2,1H3,(H,23,26)(H,24,27). The van der Waals surface area contributed by atoms with E-state index in [4.69, 9.17) is 4.42 Å². The first-order valence-electron chi connectivity index (χ1n) is 8.85. The zero-order valence-corrected chi connectivity index (χ0v) is 15.4. The van der Waals surface area contributed by atoms with Gasteiger partial charge in [0.15, 0.2) is 0 Å². The Morgan fingerprint density at radius 1 is 1.00 bits per heavy atom. The number of halogens is 1. The van der Waals surface area contributed by atoms with Gasteiger partial charge in [-0.15, -0.1) is 0 Å². The molecule has 3 aromatic rings. The summed E-state index contributed by atoms with van der Waals surface area (Å²) in [6.45, 7) is 2.35. The fourth-order valence-electron chi connectivity index (χ4n) is 2.59. The van der Waals surface area contributed by atoms with Gasteiger partial charge in [-0.2, -0.15) is 0 Å². The van der Waals surface area contributed by atoms with E-state index in [1.54, 1.807) is 43.3 Å². The van der Waals surface area contributed by atoms with Crippen LogP contribution in [-0.4, -0.2) is 29.9 Å². The Balaban J connectivity index is 1.47. The summed E-state index contributed by atoms with van der Waals surface area (Å²) < 4.78 is 18.6. The first-order valence-corrected chi connectivity index (χ1v) is 8.85. The van der Waals surface area contributed by atoms with Crippen LogP contribution in [0, 0.1) is 12.7 Å². The highest BCUT2D eigenvalue weighted by atomic mass is 19.1. The average molecular weight is 381 g/mol. The number of nitrogens with zero attached hydrogens (tertiary/aromatic N) is 1. The highest BCUT2D eigenvalue weighted by Crippen LogP contribution is 2.22. The molecule has 0 radical (unpaired) electrons. The molecule has 3 rings (SSSR count). The molecule has 0 saturated heterocycles. The number of rotatable bonds is 7. The second-order valence-electron chi connectivity index (χ2n) is 6.18. The molecule has 28 heavy (non-hydrogen) atoms. The lowest BCUT2D eigenvalue weighted by atomic mass is 10.2. The second kappa shape index (κ2) is 8.94. The van der Waals surface area contributed by atoms with Crippen molar-refractivity contribution in [2.24, 2.45) is 0 Å². The monoisotopic (exact) mass is 381 g/mol. The Morgan fingerprint density at radius 3 is 2.39 bits per heavy atom. The number of benzene rings is 2. The van der Waals surface area contributed by atoms with Gasteiger partial charge in [0.25, 0.3) is 5.91 Å². The summed E-state index contributed by atoms with van der Waals surface area (Å²) in [5.74, 6) is 0.121. The normalized spacial score (nSPS) is 10.5. The Morgan fingerprint density at radius 2 is 1.68 bits per heavy atom. The van der Waals surface area contributed by atoms with Crippen molar-refractivity contribution < 1.29 is 18.4 Å². The summed E-state index contributed by atoms with van der Waals surface area (Å²) in [4.78, 5) is 28.4. The van der Waals surface area contributed by atoms with E-state index in [0.717, 1.165) is 0 Å². The molecule has 7 heteroatoms. The van der Waals surface area contributed by atoms with Crippen molar-refractivity contribution in [2.75, 3.05) is 13.1 Å².